The third-order valence-corrected chi connectivity index (χ3v) is 7.92. The van der Waals surface area contributed by atoms with E-state index < -0.39 is 0 Å². The Morgan fingerprint density at radius 3 is 2.73 bits per heavy atom. The molecule has 4 nitrogen and oxygen atoms in total. The lowest BCUT2D eigenvalue weighted by Crippen LogP contribution is -2.41. The second-order valence-electron chi connectivity index (χ2n) is 7.71. The van der Waals surface area contributed by atoms with Crippen LogP contribution in [0.1, 0.15) is 49.2 Å². The molecule has 0 bridgehead atoms. The molecule has 1 aliphatic rings. The number of nitrogens with one attached hydrogen (secondary N) is 1. The van der Waals surface area contributed by atoms with Gasteiger partial charge in [0.05, 0.1) is 27.2 Å². The lowest BCUT2D eigenvalue weighted by Gasteiger charge is -2.31. The number of aromatic nitrogens is 1. The van der Waals surface area contributed by atoms with Crippen molar-refractivity contribution in [2.45, 2.75) is 38.6 Å². The summed E-state index contributed by atoms with van der Waals surface area (Å²) in [6.45, 7) is 6.93. The van der Waals surface area contributed by atoms with Crippen LogP contribution < -0.4 is 5.32 Å². The lowest BCUT2D eigenvalue weighted by atomic mass is 9.82. The summed E-state index contributed by atoms with van der Waals surface area (Å²) < 4.78 is 1.19. The smallest absolute Gasteiger partial charge is 0.224 e. The largest absolute Gasteiger partial charge is 0.354 e. The molecule has 6 heteroatoms. The van der Waals surface area contributed by atoms with Crippen LogP contribution in [0.5, 0.6) is 0 Å². The molecule has 1 aromatic carbocycles. The molecule has 2 aromatic heterocycles. The molecule has 1 aliphatic carbocycles. The number of allylic oxidation sites excluding steroid dienone is 2. The van der Waals surface area contributed by atoms with Crippen molar-refractivity contribution >= 4 is 38.8 Å². The van der Waals surface area contributed by atoms with Crippen molar-refractivity contribution in [1.29, 1.82) is 0 Å². The van der Waals surface area contributed by atoms with Gasteiger partial charge in [-0.15, -0.1) is 11.3 Å². The molecule has 3 unspecified atom stereocenters. The second kappa shape index (κ2) is 9.86. The van der Waals surface area contributed by atoms with Gasteiger partial charge in [0.25, 0.3) is 0 Å². The van der Waals surface area contributed by atoms with E-state index in [1.54, 1.807) is 22.7 Å². The van der Waals surface area contributed by atoms with E-state index in [9.17, 15) is 4.79 Å². The van der Waals surface area contributed by atoms with E-state index in [0.29, 0.717) is 6.54 Å². The van der Waals surface area contributed by atoms with Gasteiger partial charge in [-0.05, 0) is 60.5 Å². The predicted molar refractivity (Wildman–Crippen MR) is 127 cm³/mol. The number of hydrogen-bond acceptors (Lipinski definition) is 5. The van der Waals surface area contributed by atoms with E-state index in [0.717, 1.165) is 36.5 Å². The second-order valence-corrected chi connectivity index (χ2v) is 9.56. The summed E-state index contributed by atoms with van der Waals surface area (Å²) >= 11 is 3.44. The molecule has 2 heterocycles. The van der Waals surface area contributed by atoms with Crippen LogP contribution in [0.2, 0.25) is 0 Å². The number of thiazole rings is 1. The summed E-state index contributed by atoms with van der Waals surface area (Å²) in [6, 6.07) is 10.6. The first-order chi connectivity index (χ1) is 14.7. The SMILES string of the molecule is CCN(CC)C(CNC(=O)C1CC=CCC1c1nc2ccccc2s1)c1ccsc1. The van der Waals surface area contributed by atoms with Crippen LogP contribution in [0.4, 0.5) is 0 Å². The Labute approximate surface area is 186 Å². The summed E-state index contributed by atoms with van der Waals surface area (Å²) in [6.07, 6.45) is 6.00. The van der Waals surface area contributed by atoms with Gasteiger partial charge >= 0.3 is 0 Å². The Hall–Kier alpha value is -2.02. The first-order valence-electron chi connectivity index (χ1n) is 10.8. The van der Waals surface area contributed by atoms with E-state index >= 15 is 0 Å². The number of rotatable bonds is 8. The first kappa shape index (κ1) is 21.2. The summed E-state index contributed by atoms with van der Waals surface area (Å²) in [5.74, 6) is 0.242. The van der Waals surface area contributed by atoms with Gasteiger partial charge < -0.3 is 5.32 Å². The molecule has 0 spiro atoms. The molecule has 0 saturated carbocycles. The third kappa shape index (κ3) is 4.51. The number of hydrogen-bond donors (Lipinski definition) is 1. The average Bonchev–Trinajstić information content (AvgIpc) is 3.46. The first-order valence-corrected chi connectivity index (χ1v) is 12.5. The van der Waals surface area contributed by atoms with Gasteiger partial charge in [-0.25, -0.2) is 4.98 Å². The van der Waals surface area contributed by atoms with E-state index in [1.165, 1.54) is 10.3 Å². The van der Waals surface area contributed by atoms with E-state index in [1.807, 2.05) is 12.1 Å². The molecule has 1 amide bonds. The molecule has 0 fully saturated rings. The Balaban J connectivity index is 1.50. The van der Waals surface area contributed by atoms with Crippen molar-refractivity contribution < 1.29 is 4.79 Å². The molecule has 30 heavy (non-hydrogen) atoms. The minimum Gasteiger partial charge on any atom is -0.354 e. The molecule has 0 saturated heterocycles. The van der Waals surface area contributed by atoms with Crippen molar-refractivity contribution in [3.05, 3.63) is 63.8 Å². The fraction of sp³-hybridized carbons (Fsp3) is 0.417. The average molecular weight is 440 g/mol. The normalized spacial score (nSPS) is 20.0. The third-order valence-electron chi connectivity index (χ3n) is 6.05. The fourth-order valence-corrected chi connectivity index (χ4v) is 6.19. The summed E-state index contributed by atoms with van der Waals surface area (Å²) in [5, 5.41) is 8.68. The number of carbonyl (C=O) groups is 1. The molecule has 0 aliphatic heterocycles. The van der Waals surface area contributed by atoms with Crippen LogP contribution in [0.3, 0.4) is 0 Å². The minimum atomic E-state index is -0.0598. The van der Waals surface area contributed by atoms with Crippen molar-refractivity contribution in [2.75, 3.05) is 19.6 Å². The Bertz CT molecular complexity index is 958. The van der Waals surface area contributed by atoms with Crippen molar-refractivity contribution in [3.8, 4) is 0 Å². The summed E-state index contributed by atoms with van der Waals surface area (Å²) in [7, 11) is 0. The number of fused-ring (bicyclic) bond motifs is 1. The highest BCUT2D eigenvalue weighted by atomic mass is 32.1. The maximum Gasteiger partial charge on any atom is 0.224 e. The number of nitrogens with zero attached hydrogens (tertiary/aromatic N) is 2. The van der Waals surface area contributed by atoms with E-state index in [4.69, 9.17) is 4.98 Å². The number of thiophene rings is 1. The molecular formula is C24H29N3OS2. The van der Waals surface area contributed by atoms with Crippen molar-refractivity contribution in [1.82, 2.24) is 15.2 Å². The molecular weight excluding hydrogens is 410 g/mol. The summed E-state index contributed by atoms with van der Waals surface area (Å²) in [5.41, 5.74) is 2.32. The number of carbonyl (C=O) groups excluding carboxylic acids is 1. The number of amides is 1. The van der Waals surface area contributed by atoms with Crippen LogP contribution >= 0.6 is 22.7 Å². The Morgan fingerprint density at radius 2 is 2.00 bits per heavy atom. The quantitative estimate of drug-likeness (QED) is 0.464. The molecule has 158 valence electrons. The Kier molecular flexibility index (Phi) is 6.97. The van der Waals surface area contributed by atoms with Gasteiger partial charge in [0.1, 0.15) is 0 Å². The highest BCUT2D eigenvalue weighted by Gasteiger charge is 2.33. The summed E-state index contributed by atoms with van der Waals surface area (Å²) in [4.78, 5) is 20.6. The van der Waals surface area contributed by atoms with Gasteiger partial charge in [0.15, 0.2) is 0 Å². The van der Waals surface area contributed by atoms with Gasteiger partial charge in [-0.1, -0.05) is 38.1 Å². The Morgan fingerprint density at radius 1 is 1.20 bits per heavy atom. The maximum absolute atomic E-state index is 13.3. The van der Waals surface area contributed by atoms with Crippen LogP contribution in [0, 0.1) is 5.92 Å². The monoisotopic (exact) mass is 439 g/mol. The van der Waals surface area contributed by atoms with Gasteiger partial charge in [0, 0.05) is 12.5 Å². The van der Waals surface area contributed by atoms with Gasteiger partial charge in [0.2, 0.25) is 5.91 Å². The fourth-order valence-electron chi connectivity index (χ4n) is 4.34. The number of benzene rings is 1. The standard InChI is InChI=1S/C24H29N3OS2/c1-3-27(4-2)21(17-13-14-29-16-17)15-25-23(28)18-9-5-6-10-19(18)24-26-20-11-7-8-12-22(20)30-24/h5-8,11-14,16,18-19,21H,3-4,9-10,15H2,1-2H3,(H,25,28). The van der Waals surface area contributed by atoms with Crippen molar-refractivity contribution in [3.63, 3.8) is 0 Å². The van der Waals surface area contributed by atoms with Crippen molar-refractivity contribution in [2.24, 2.45) is 5.92 Å². The highest BCUT2D eigenvalue weighted by molar-refractivity contribution is 7.18. The number of para-hydroxylation sites is 1. The van der Waals surface area contributed by atoms with Crippen LogP contribution in [0.25, 0.3) is 10.2 Å². The zero-order valence-electron chi connectivity index (χ0n) is 17.6. The van der Waals surface area contributed by atoms with E-state index in [2.05, 4.69) is 65.2 Å². The van der Waals surface area contributed by atoms with Gasteiger partial charge in [-0.2, -0.15) is 11.3 Å². The molecule has 3 aromatic rings. The molecule has 3 atom stereocenters. The molecule has 4 rings (SSSR count). The molecule has 0 radical (unpaired) electrons. The zero-order chi connectivity index (χ0) is 20.9. The minimum absolute atomic E-state index is 0.0598. The van der Waals surface area contributed by atoms with Crippen LogP contribution in [0.15, 0.2) is 53.2 Å². The predicted octanol–water partition coefficient (Wildman–Crippen LogP) is 5.61. The van der Waals surface area contributed by atoms with Gasteiger partial charge in [-0.3, -0.25) is 9.69 Å². The molecule has 1 N–H and O–H groups in total. The van der Waals surface area contributed by atoms with Crippen LogP contribution in [-0.2, 0) is 4.79 Å². The van der Waals surface area contributed by atoms with E-state index in [-0.39, 0.29) is 23.8 Å². The maximum atomic E-state index is 13.3. The lowest BCUT2D eigenvalue weighted by molar-refractivity contribution is -0.126. The topological polar surface area (TPSA) is 45.2 Å². The van der Waals surface area contributed by atoms with Crippen LogP contribution in [-0.4, -0.2) is 35.4 Å². The number of likely N-dealkylation sites (N-methyl/N-ethyl adjacent to an activating group) is 1. The highest BCUT2D eigenvalue weighted by Crippen LogP contribution is 2.38. The zero-order valence-corrected chi connectivity index (χ0v) is 19.2.